The summed E-state index contributed by atoms with van der Waals surface area (Å²) in [5.41, 5.74) is 2.57. The van der Waals surface area contributed by atoms with Gasteiger partial charge < -0.3 is 5.32 Å². The third-order valence-corrected chi connectivity index (χ3v) is 3.82. The van der Waals surface area contributed by atoms with Crippen LogP contribution in [0, 0.1) is 12.7 Å². The van der Waals surface area contributed by atoms with Crippen LogP contribution in [0.25, 0.3) is 0 Å². The lowest BCUT2D eigenvalue weighted by Gasteiger charge is -2.09. The number of aryl methyl sites for hydroxylation is 1. The summed E-state index contributed by atoms with van der Waals surface area (Å²) in [5, 5.41) is 2.91. The molecule has 0 aliphatic carbocycles. The van der Waals surface area contributed by atoms with Crippen molar-refractivity contribution < 1.29 is 14.0 Å². The van der Waals surface area contributed by atoms with Gasteiger partial charge in [-0.05, 0) is 42.3 Å². The molecule has 1 N–H and O–H groups in total. The minimum atomic E-state index is -0.474. The average molecular weight is 304 g/mol. The average Bonchev–Trinajstić information content (AvgIpc) is 2.79. The molecule has 0 atom stereocenters. The smallest absolute Gasteiger partial charge is 0.228 e. The van der Waals surface area contributed by atoms with E-state index in [4.69, 9.17) is 11.6 Å². The lowest BCUT2D eigenvalue weighted by molar-refractivity contribution is -0.115. The van der Waals surface area contributed by atoms with Gasteiger partial charge in [-0.2, -0.15) is 0 Å². The zero-order chi connectivity index (χ0) is 15.1. The van der Waals surface area contributed by atoms with E-state index in [9.17, 15) is 14.0 Å². The topological polar surface area (TPSA) is 46.2 Å². The highest BCUT2D eigenvalue weighted by Crippen LogP contribution is 2.31. The molecule has 0 fully saturated rings. The highest BCUT2D eigenvalue weighted by molar-refractivity contribution is 6.35. The van der Waals surface area contributed by atoms with Gasteiger partial charge in [-0.1, -0.05) is 17.7 Å². The second-order valence-electron chi connectivity index (χ2n) is 5.00. The standard InChI is InChI=1S/C16H11ClFNO2/c1-8-2-3-10(18)6-11(8)16(21)12-4-9-5-15(20)19-14(9)7-13(12)17/h2-4,6-7H,5H2,1H3,(H,19,20). The fourth-order valence-corrected chi connectivity index (χ4v) is 2.66. The van der Waals surface area contributed by atoms with Crippen molar-refractivity contribution in [3.05, 3.63) is 63.4 Å². The maximum Gasteiger partial charge on any atom is 0.228 e. The molecule has 106 valence electrons. The van der Waals surface area contributed by atoms with Crippen LogP contribution < -0.4 is 5.32 Å². The predicted molar refractivity (Wildman–Crippen MR) is 78.4 cm³/mol. The molecule has 3 rings (SSSR count). The maximum absolute atomic E-state index is 13.4. The van der Waals surface area contributed by atoms with Gasteiger partial charge in [0.2, 0.25) is 5.91 Å². The summed E-state index contributed by atoms with van der Waals surface area (Å²) < 4.78 is 13.4. The van der Waals surface area contributed by atoms with E-state index in [0.717, 1.165) is 5.56 Å². The largest absolute Gasteiger partial charge is 0.325 e. The van der Waals surface area contributed by atoms with E-state index < -0.39 is 5.82 Å². The number of hydrogen-bond donors (Lipinski definition) is 1. The Morgan fingerprint density at radius 2 is 2.00 bits per heavy atom. The number of amides is 1. The van der Waals surface area contributed by atoms with Gasteiger partial charge in [0, 0.05) is 16.8 Å². The lowest BCUT2D eigenvalue weighted by atomic mass is 9.97. The second kappa shape index (κ2) is 4.97. The van der Waals surface area contributed by atoms with Gasteiger partial charge in [-0.25, -0.2) is 4.39 Å². The van der Waals surface area contributed by atoms with Crippen molar-refractivity contribution in [2.45, 2.75) is 13.3 Å². The van der Waals surface area contributed by atoms with Crippen LogP contribution in [0.1, 0.15) is 27.0 Å². The molecule has 5 heteroatoms. The maximum atomic E-state index is 13.4. The first-order chi connectivity index (χ1) is 9.95. The van der Waals surface area contributed by atoms with Crippen LogP contribution in [-0.4, -0.2) is 11.7 Å². The third kappa shape index (κ3) is 2.43. The fraction of sp³-hybridized carbons (Fsp3) is 0.125. The van der Waals surface area contributed by atoms with Crippen LogP contribution in [0.15, 0.2) is 30.3 Å². The first-order valence-corrected chi connectivity index (χ1v) is 6.76. The van der Waals surface area contributed by atoms with E-state index in [1.807, 2.05) is 0 Å². The van der Waals surface area contributed by atoms with Gasteiger partial charge in [0.05, 0.1) is 11.4 Å². The molecule has 0 radical (unpaired) electrons. The molecule has 1 heterocycles. The van der Waals surface area contributed by atoms with Crippen molar-refractivity contribution in [1.82, 2.24) is 0 Å². The molecule has 0 saturated carbocycles. The molecule has 1 amide bonds. The minimum absolute atomic E-state index is 0.132. The van der Waals surface area contributed by atoms with Crippen LogP contribution >= 0.6 is 11.6 Å². The van der Waals surface area contributed by atoms with Crippen molar-refractivity contribution in [2.75, 3.05) is 5.32 Å². The molecular weight excluding hydrogens is 293 g/mol. The van der Waals surface area contributed by atoms with E-state index in [2.05, 4.69) is 5.32 Å². The number of hydrogen-bond acceptors (Lipinski definition) is 2. The van der Waals surface area contributed by atoms with Gasteiger partial charge in [0.1, 0.15) is 5.82 Å². The number of anilines is 1. The fourth-order valence-electron chi connectivity index (χ4n) is 2.41. The summed E-state index contributed by atoms with van der Waals surface area (Å²) in [5.74, 6) is -0.954. The number of benzene rings is 2. The third-order valence-electron chi connectivity index (χ3n) is 3.51. The summed E-state index contributed by atoms with van der Waals surface area (Å²) in [6, 6.07) is 7.21. The summed E-state index contributed by atoms with van der Waals surface area (Å²) in [6.45, 7) is 1.74. The number of halogens is 2. The molecule has 0 spiro atoms. The van der Waals surface area contributed by atoms with Crippen molar-refractivity contribution in [3.8, 4) is 0 Å². The monoisotopic (exact) mass is 303 g/mol. The van der Waals surface area contributed by atoms with Crippen molar-refractivity contribution in [1.29, 1.82) is 0 Å². The molecule has 0 saturated heterocycles. The van der Waals surface area contributed by atoms with Crippen LogP contribution in [0.5, 0.6) is 0 Å². The number of fused-ring (bicyclic) bond motifs is 1. The number of carbonyl (C=O) groups excluding carboxylic acids is 2. The summed E-state index contributed by atoms with van der Waals surface area (Å²) in [7, 11) is 0. The van der Waals surface area contributed by atoms with Crippen LogP contribution in [0.2, 0.25) is 5.02 Å². The van der Waals surface area contributed by atoms with Gasteiger partial charge in [-0.3, -0.25) is 9.59 Å². The highest BCUT2D eigenvalue weighted by Gasteiger charge is 2.23. The molecule has 2 aromatic rings. The van der Waals surface area contributed by atoms with E-state index in [-0.39, 0.29) is 34.3 Å². The zero-order valence-electron chi connectivity index (χ0n) is 11.2. The molecule has 0 unspecified atom stereocenters. The van der Waals surface area contributed by atoms with Gasteiger partial charge >= 0.3 is 0 Å². The SMILES string of the molecule is Cc1ccc(F)cc1C(=O)c1cc2c(cc1Cl)NC(=O)C2. The molecule has 21 heavy (non-hydrogen) atoms. The molecule has 0 bridgehead atoms. The minimum Gasteiger partial charge on any atom is -0.325 e. The Labute approximate surface area is 125 Å². The van der Waals surface area contributed by atoms with Crippen molar-refractivity contribution in [2.24, 2.45) is 0 Å². The number of ketones is 1. The first kappa shape index (κ1) is 13.8. The van der Waals surface area contributed by atoms with Gasteiger partial charge in [0.25, 0.3) is 0 Å². The first-order valence-electron chi connectivity index (χ1n) is 6.39. The molecule has 1 aliphatic heterocycles. The summed E-state index contributed by atoms with van der Waals surface area (Å²) >= 11 is 6.13. The molecule has 2 aromatic carbocycles. The van der Waals surface area contributed by atoms with Crippen LogP contribution in [-0.2, 0) is 11.2 Å². The summed E-state index contributed by atoms with van der Waals surface area (Å²) in [6.07, 6.45) is 0.217. The van der Waals surface area contributed by atoms with E-state index in [1.165, 1.54) is 12.1 Å². The van der Waals surface area contributed by atoms with E-state index in [1.54, 1.807) is 25.1 Å². The lowest BCUT2D eigenvalue weighted by Crippen LogP contribution is -2.06. The van der Waals surface area contributed by atoms with Crippen molar-refractivity contribution >= 4 is 29.0 Å². The predicted octanol–water partition coefficient (Wildman–Crippen LogP) is 3.51. The molecule has 1 aliphatic rings. The summed E-state index contributed by atoms with van der Waals surface area (Å²) in [4.78, 5) is 23.9. The van der Waals surface area contributed by atoms with Crippen molar-refractivity contribution in [3.63, 3.8) is 0 Å². The Balaban J connectivity index is 2.09. The molecular formula is C16H11ClFNO2. The number of rotatable bonds is 2. The molecule has 3 nitrogen and oxygen atoms in total. The Bertz CT molecular complexity index is 786. The van der Waals surface area contributed by atoms with Crippen LogP contribution in [0.3, 0.4) is 0 Å². The quantitative estimate of drug-likeness (QED) is 0.863. The second-order valence-corrected chi connectivity index (χ2v) is 5.41. The number of carbonyl (C=O) groups is 2. The van der Waals surface area contributed by atoms with E-state index >= 15 is 0 Å². The van der Waals surface area contributed by atoms with Crippen LogP contribution in [0.4, 0.5) is 10.1 Å². The zero-order valence-corrected chi connectivity index (χ0v) is 11.9. The van der Waals surface area contributed by atoms with Gasteiger partial charge in [0.15, 0.2) is 5.78 Å². The Hall–Kier alpha value is -2.20. The highest BCUT2D eigenvalue weighted by atomic mass is 35.5. The van der Waals surface area contributed by atoms with E-state index in [0.29, 0.717) is 11.3 Å². The normalized spacial score (nSPS) is 13.0. The molecule has 0 aromatic heterocycles. The Morgan fingerprint density at radius 3 is 2.76 bits per heavy atom. The van der Waals surface area contributed by atoms with Gasteiger partial charge in [-0.15, -0.1) is 0 Å². The Kier molecular flexibility index (Phi) is 3.26. The Morgan fingerprint density at radius 1 is 1.24 bits per heavy atom. The number of nitrogens with one attached hydrogen (secondary N) is 1.